The first kappa shape index (κ1) is 17.4. The summed E-state index contributed by atoms with van der Waals surface area (Å²) >= 11 is 0. The molecule has 2 aromatic rings. The standard InChI is InChI=1S/C20H24FN3O/c1-3-23(4-2)13-14-24-19(15-9-5-7-11-17(15)21)22-18-12-8-6-10-16(18)20(24)25/h5-12,19,22H,3-4,13-14H2,1-2H3/t19-/m1/s1. The van der Waals surface area contributed by atoms with Gasteiger partial charge in [0.05, 0.1) is 5.56 Å². The van der Waals surface area contributed by atoms with Crippen molar-refractivity contribution in [1.29, 1.82) is 0 Å². The minimum atomic E-state index is -0.501. The topological polar surface area (TPSA) is 35.6 Å². The van der Waals surface area contributed by atoms with Crippen molar-refractivity contribution in [2.45, 2.75) is 20.0 Å². The molecule has 0 saturated carbocycles. The SMILES string of the molecule is CCN(CC)CCN1C(=O)c2ccccc2N[C@H]1c1ccccc1F. The molecule has 1 atom stereocenters. The molecule has 0 radical (unpaired) electrons. The lowest BCUT2D eigenvalue weighted by Crippen LogP contribution is -2.46. The zero-order valence-electron chi connectivity index (χ0n) is 14.7. The van der Waals surface area contributed by atoms with Crippen LogP contribution in [0.25, 0.3) is 0 Å². The molecule has 0 aliphatic carbocycles. The van der Waals surface area contributed by atoms with E-state index in [1.54, 1.807) is 23.1 Å². The average molecular weight is 341 g/mol. The maximum atomic E-state index is 14.4. The number of nitrogens with one attached hydrogen (secondary N) is 1. The van der Waals surface area contributed by atoms with Crippen LogP contribution < -0.4 is 5.32 Å². The first-order valence-corrected chi connectivity index (χ1v) is 8.79. The smallest absolute Gasteiger partial charge is 0.257 e. The Morgan fingerprint density at radius 1 is 1.08 bits per heavy atom. The second-order valence-electron chi connectivity index (χ2n) is 6.14. The largest absolute Gasteiger partial charge is 0.361 e. The van der Waals surface area contributed by atoms with Crippen LogP contribution in [0.5, 0.6) is 0 Å². The summed E-state index contributed by atoms with van der Waals surface area (Å²) in [5, 5.41) is 3.34. The van der Waals surface area contributed by atoms with E-state index in [0.717, 1.165) is 25.3 Å². The molecule has 4 nitrogen and oxygen atoms in total. The fourth-order valence-electron chi connectivity index (χ4n) is 3.25. The molecular weight excluding hydrogens is 317 g/mol. The van der Waals surface area contributed by atoms with E-state index >= 15 is 0 Å². The van der Waals surface area contributed by atoms with Crippen LogP contribution in [0.3, 0.4) is 0 Å². The molecule has 0 fully saturated rings. The monoisotopic (exact) mass is 341 g/mol. The van der Waals surface area contributed by atoms with E-state index in [0.29, 0.717) is 17.7 Å². The average Bonchev–Trinajstić information content (AvgIpc) is 2.64. The Kier molecular flexibility index (Phi) is 5.34. The van der Waals surface area contributed by atoms with Gasteiger partial charge in [-0.2, -0.15) is 0 Å². The van der Waals surface area contributed by atoms with E-state index in [4.69, 9.17) is 0 Å². The van der Waals surface area contributed by atoms with Crippen molar-refractivity contribution >= 4 is 11.6 Å². The first-order chi connectivity index (χ1) is 12.2. The molecule has 1 N–H and O–H groups in total. The Balaban J connectivity index is 1.95. The molecule has 1 amide bonds. The van der Waals surface area contributed by atoms with Crippen LogP contribution in [-0.4, -0.2) is 41.9 Å². The van der Waals surface area contributed by atoms with Crippen molar-refractivity contribution < 1.29 is 9.18 Å². The summed E-state index contributed by atoms with van der Waals surface area (Å²) < 4.78 is 14.4. The number of carbonyl (C=O) groups is 1. The van der Waals surface area contributed by atoms with Gasteiger partial charge in [0.15, 0.2) is 0 Å². The number of hydrogen-bond donors (Lipinski definition) is 1. The van der Waals surface area contributed by atoms with Crippen LogP contribution in [0.15, 0.2) is 48.5 Å². The van der Waals surface area contributed by atoms with Gasteiger partial charge in [-0.05, 0) is 31.3 Å². The number of hydrogen-bond acceptors (Lipinski definition) is 3. The van der Waals surface area contributed by atoms with Crippen molar-refractivity contribution in [3.05, 3.63) is 65.5 Å². The van der Waals surface area contributed by atoms with Gasteiger partial charge in [-0.15, -0.1) is 0 Å². The Bertz CT molecular complexity index is 745. The lowest BCUT2D eigenvalue weighted by atomic mass is 10.0. The number of nitrogens with zero attached hydrogens (tertiary/aromatic N) is 2. The summed E-state index contributed by atoms with van der Waals surface area (Å²) in [7, 11) is 0. The van der Waals surface area contributed by atoms with Gasteiger partial charge in [0.2, 0.25) is 0 Å². The van der Waals surface area contributed by atoms with Crippen LogP contribution in [-0.2, 0) is 0 Å². The van der Waals surface area contributed by atoms with E-state index in [2.05, 4.69) is 24.1 Å². The van der Waals surface area contributed by atoms with Crippen molar-refractivity contribution in [3.8, 4) is 0 Å². The van der Waals surface area contributed by atoms with Crippen molar-refractivity contribution in [2.24, 2.45) is 0 Å². The minimum Gasteiger partial charge on any atom is -0.361 e. The molecule has 3 rings (SSSR count). The highest BCUT2D eigenvalue weighted by molar-refractivity contribution is 6.01. The van der Waals surface area contributed by atoms with Gasteiger partial charge < -0.3 is 15.1 Å². The van der Waals surface area contributed by atoms with E-state index in [9.17, 15) is 9.18 Å². The molecule has 1 aliphatic rings. The molecule has 5 heteroatoms. The van der Waals surface area contributed by atoms with Crippen LogP contribution >= 0.6 is 0 Å². The zero-order valence-corrected chi connectivity index (χ0v) is 14.7. The van der Waals surface area contributed by atoms with Crippen molar-refractivity contribution in [3.63, 3.8) is 0 Å². The maximum absolute atomic E-state index is 14.4. The highest BCUT2D eigenvalue weighted by Crippen LogP contribution is 2.33. The third-order valence-electron chi connectivity index (χ3n) is 4.77. The predicted molar refractivity (Wildman–Crippen MR) is 98.0 cm³/mol. The first-order valence-electron chi connectivity index (χ1n) is 8.79. The lowest BCUT2D eigenvalue weighted by molar-refractivity contribution is 0.0657. The van der Waals surface area contributed by atoms with Gasteiger partial charge in [-0.1, -0.05) is 44.2 Å². The molecular formula is C20H24FN3O. The summed E-state index contributed by atoms with van der Waals surface area (Å²) in [6, 6.07) is 14.0. The molecule has 1 aliphatic heterocycles. The van der Waals surface area contributed by atoms with E-state index in [-0.39, 0.29) is 11.7 Å². The number of halogens is 1. The quantitative estimate of drug-likeness (QED) is 0.869. The number of anilines is 1. The van der Waals surface area contributed by atoms with E-state index in [1.807, 2.05) is 24.3 Å². The van der Waals surface area contributed by atoms with E-state index in [1.165, 1.54) is 6.07 Å². The van der Waals surface area contributed by atoms with Crippen LogP contribution in [0, 0.1) is 5.82 Å². The van der Waals surface area contributed by atoms with Gasteiger partial charge in [0.1, 0.15) is 12.0 Å². The summed E-state index contributed by atoms with van der Waals surface area (Å²) in [6.45, 7) is 7.35. The van der Waals surface area contributed by atoms with Gasteiger partial charge in [-0.3, -0.25) is 4.79 Å². The second kappa shape index (κ2) is 7.66. The molecule has 0 spiro atoms. The number of benzene rings is 2. The lowest BCUT2D eigenvalue weighted by Gasteiger charge is -2.39. The maximum Gasteiger partial charge on any atom is 0.257 e. The van der Waals surface area contributed by atoms with Crippen LogP contribution in [0.4, 0.5) is 10.1 Å². The third kappa shape index (κ3) is 3.51. The molecule has 0 saturated heterocycles. The molecule has 132 valence electrons. The fourth-order valence-corrected chi connectivity index (χ4v) is 3.25. The Morgan fingerprint density at radius 3 is 2.48 bits per heavy atom. The van der Waals surface area contributed by atoms with Gasteiger partial charge in [0, 0.05) is 24.3 Å². The Labute approximate surface area is 148 Å². The Morgan fingerprint density at radius 2 is 1.76 bits per heavy atom. The summed E-state index contributed by atoms with van der Waals surface area (Å²) in [6.07, 6.45) is -0.501. The summed E-state index contributed by atoms with van der Waals surface area (Å²) in [4.78, 5) is 17.0. The predicted octanol–water partition coefficient (Wildman–Crippen LogP) is 3.73. The molecule has 0 aromatic heterocycles. The number of amides is 1. The normalized spacial score (nSPS) is 16.7. The summed E-state index contributed by atoms with van der Waals surface area (Å²) in [5.41, 5.74) is 1.87. The van der Waals surface area contributed by atoms with Crippen LogP contribution in [0.1, 0.15) is 35.9 Å². The zero-order chi connectivity index (χ0) is 17.8. The van der Waals surface area contributed by atoms with Gasteiger partial charge in [-0.25, -0.2) is 4.39 Å². The van der Waals surface area contributed by atoms with Crippen LogP contribution in [0.2, 0.25) is 0 Å². The minimum absolute atomic E-state index is 0.0604. The number of likely N-dealkylation sites (N-methyl/N-ethyl adjacent to an activating group) is 1. The number of para-hydroxylation sites is 1. The van der Waals surface area contributed by atoms with Gasteiger partial charge >= 0.3 is 0 Å². The fraction of sp³-hybridized carbons (Fsp3) is 0.350. The van der Waals surface area contributed by atoms with Crippen molar-refractivity contribution in [1.82, 2.24) is 9.80 Å². The second-order valence-corrected chi connectivity index (χ2v) is 6.14. The highest BCUT2D eigenvalue weighted by atomic mass is 19.1. The number of rotatable bonds is 6. The third-order valence-corrected chi connectivity index (χ3v) is 4.77. The molecule has 2 aromatic carbocycles. The molecule has 25 heavy (non-hydrogen) atoms. The van der Waals surface area contributed by atoms with Crippen molar-refractivity contribution in [2.75, 3.05) is 31.5 Å². The number of fused-ring (bicyclic) bond motifs is 1. The molecule has 0 unspecified atom stereocenters. The molecule has 1 heterocycles. The summed E-state index contributed by atoms with van der Waals surface area (Å²) in [5.74, 6) is -0.366. The highest BCUT2D eigenvalue weighted by Gasteiger charge is 2.33. The van der Waals surface area contributed by atoms with E-state index < -0.39 is 6.17 Å². The number of carbonyl (C=O) groups excluding carboxylic acids is 1. The Hall–Kier alpha value is -2.40. The van der Waals surface area contributed by atoms with Gasteiger partial charge in [0.25, 0.3) is 5.91 Å². The molecule has 0 bridgehead atoms.